The Morgan fingerprint density at radius 2 is 1.85 bits per heavy atom. The van der Waals surface area contributed by atoms with Gasteiger partial charge in [0.15, 0.2) is 8.32 Å². The summed E-state index contributed by atoms with van der Waals surface area (Å²) in [5.74, 6) is 0.794. The van der Waals surface area contributed by atoms with Crippen molar-refractivity contribution < 1.29 is 9.16 Å². The Labute approximate surface area is 180 Å². The first-order chi connectivity index (χ1) is 11.8. The summed E-state index contributed by atoms with van der Waals surface area (Å²) in [6.07, 6.45) is 3.70. The van der Waals surface area contributed by atoms with Gasteiger partial charge in [-0.1, -0.05) is 20.8 Å². The van der Waals surface area contributed by atoms with Gasteiger partial charge in [-0.25, -0.2) is 4.68 Å². The second-order valence-corrected chi connectivity index (χ2v) is 15.3. The second kappa shape index (κ2) is 7.93. The van der Waals surface area contributed by atoms with Gasteiger partial charge >= 0.3 is 0 Å². The summed E-state index contributed by atoms with van der Waals surface area (Å²) in [6, 6.07) is 5.98. The van der Waals surface area contributed by atoms with E-state index in [0.29, 0.717) is 6.61 Å². The van der Waals surface area contributed by atoms with Crippen molar-refractivity contribution >= 4 is 46.8 Å². The molecule has 26 heavy (non-hydrogen) atoms. The van der Waals surface area contributed by atoms with E-state index in [1.807, 2.05) is 23.0 Å². The summed E-state index contributed by atoms with van der Waals surface area (Å²) in [5, 5.41) is 4.49. The van der Waals surface area contributed by atoms with Gasteiger partial charge in [0.2, 0.25) is 0 Å². The van der Waals surface area contributed by atoms with Crippen LogP contribution in [0.15, 0.2) is 35.1 Å². The van der Waals surface area contributed by atoms with E-state index in [9.17, 15) is 0 Å². The number of nitrogens with zero attached hydrogens (tertiary/aromatic N) is 2. The predicted molar refractivity (Wildman–Crippen MR) is 122 cm³/mol. The summed E-state index contributed by atoms with van der Waals surface area (Å²) >= 11 is 5.92. The molecule has 2 rings (SSSR count). The van der Waals surface area contributed by atoms with E-state index in [1.54, 1.807) is 6.20 Å². The van der Waals surface area contributed by atoms with Gasteiger partial charge < -0.3 is 9.16 Å². The van der Waals surface area contributed by atoms with Crippen LogP contribution in [0.4, 0.5) is 0 Å². The van der Waals surface area contributed by atoms with Crippen LogP contribution in [-0.2, 0) is 4.43 Å². The van der Waals surface area contributed by atoms with E-state index >= 15 is 0 Å². The second-order valence-electron chi connectivity index (χ2n) is 8.60. The molecule has 1 heterocycles. The van der Waals surface area contributed by atoms with Crippen molar-refractivity contribution in [2.45, 2.75) is 58.4 Å². The minimum Gasteiger partial charge on any atom is -0.489 e. The zero-order valence-electron chi connectivity index (χ0n) is 16.6. The Bertz CT molecular complexity index is 756. The molecule has 144 valence electrons. The van der Waals surface area contributed by atoms with Crippen LogP contribution in [0.5, 0.6) is 5.75 Å². The van der Waals surface area contributed by atoms with Crippen molar-refractivity contribution in [3.63, 3.8) is 0 Å². The van der Waals surface area contributed by atoms with Crippen molar-refractivity contribution in [2.75, 3.05) is 6.61 Å². The Morgan fingerprint density at radius 3 is 2.38 bits per heavy atom. The van der Waals surface area contributed by atoms with Gasteiger partial charge in [-0.2, -0.15) is 5.10 Å². The fourth-order valence-electron chi connectivity index (χ4n) is 2.34. The summed E-state index contributed by atoms with van der Waals surface area (Å²) in [7, 11) is -1.86. The number of hydrogen-bond donors (Lipinski definition) is 0. The maximum absolute atomic E-state index is 6.56. The molecule has 0 atom stereocenters. The highest BCUT2D eigenvalue weighted by molar-refractivity contribution is 14.1. The molecule has 0 saturated carbocycles. The summed E-state index contributed by atoms with van der Waals surface area (Å²) in [5.41, 5.74) is 0.633. The zero-order valence-corrected chi connectivity index (χ0v) is 21.3. The highest BCUT2D eigenvalue weighted by Gasteiger charge is 2.41. The van der Waals surface area contributed by atoms with Crippen molar-refractivity contribution in [1.29, 1.82) is 0 Å². The molecule has 0 aliphatic heterocycles. The van der Waals surface area contributed by atoms with Crippen LogP contribution < -0.4 is 4.74 Å². The van der Waals surface area contributed by atoms with Gasteiger partial charge in [-0.3, -0.25) is 0 Å². The van der Waals surface area contributed by atoms with Gasteiger partial charge in [0, 0.05) is 22.0 Å². The van der Waals surface area contributed by atoms with Gasteiger partial charge in [0.25, 0.3) is 0 Å². The number of rotatable bonds is 6. The lowest BCUT2D eigenvalue weighted by Gasteiger charge is -2.42. The first-order valence-corrected chi connectivity index (χ1v) is 13.4. The molecule has 1 aromatic carbocycles. The molecule has 1 aromatic heterocycles. The van der Waals surface area contributed by atoms with E-state index in [0.717, 1.165) is 19.5 Å². The summed E-state index contributed by atoms with van der Waals surface area (Å²) < 4.78 is 16.6. The highest BCUT2D eigenvalue weighted by Crippen LogP contribution is 2.39. The van der Waals surface area contributed by atoms with Crippen LogP contribution in [0.2, 0.25) is 18.1 Å². The first kappa shape index (κ1) is 21.9. The molecule has 0 unspecified atom stereocenters. The van der Waals surface area contributed by atoms with Crippen LogP contribution in [0.3, 0.4) is 0 Å². The number of ether oxygens (including phenoxy) is 1. The predicted octanol–water partition coefficient (Wildman–Crippen LogP) is 6.42. The number of benzene rings is 1. The van der Waals surface area contributed by atoms with Gasteiger partial charge in [0.05, 0.1) is 15.8 Å². The van der Waals surface area contributed by atoms with Gasteiger partial charge in [0.1, 0.15) is 12.4 Å². The first-order valence-electron chi connectivity index (χ1n) is 8.64. The summed E-state index contributed by atoms with van der Waals surface area (Å²) in [6.45, 7) is 16.0. The third-order valence-corrected chi connectivity index (χ3v) is 10.8. The van der Waals surface area contributed by atoms with E-state index in [2.05, 4.69) is 97.4 Å². The number of aromatic nitrogens is 2. The lowest BCUT2D eigenvalue weighted by atomic mass is 10.2. The average molecular weight is 551 g/mol. The van der Waals surface area contributed by atoms with Crippen molar-refractivity contribution in [3.8, 4) is 11.4 Å². The summed E-state index contributed by atoms with van der Waals surface area (Å²) in [4.78, 5) is 0. The molecule has 0 radical (unpaired) electrons. The molecule has 0 aliphatic carbocycles. The normalized spacial score (nSPS) is 13.1. The maximum Gasteiger partial charge on any atom is 0.192 e. The lowest BCUT2D eigenvalue weighted by Crippen LogP contribution is -2.49. The smallest absolute Gasteiger partial charge is 0.192 e. The molecule has 0 bridgehead atoms. The van der Waals surface area contributed by atoms with E-state index < -0.39 is 8.32 Å². The molecule has 4 nitrogen and oxygen atoms in total. The van der Waals surface area contributed by atoms with Crippen LogP contribution in [-0.4, -0.2) is 30.3 Å². The molecule has 0 saturated heterocycles. The third-order valence-electron chi connectivity index (χ3n) is 4.67. The molecular formula is C19H28BrIN2O2Si. The molecular weight excluding hydrogens is 523 g/mol. The standard InChI is InChI=1S/C19H28BrIN2O2Si/c1-18(2,3)26(6,7)25-19(4,5)13-24-17-12-16(15(21)11-14(17)20)23-10-8-9-22-23/h8-12H,13H2,1-7H3. The van der Waals surface area contributed by atoms with Crippen molar-refractivity contribution in [3.05, 3.63) is 38.6 Å². The van der Waals surface area contributed by atoms with Crippen LogP contribution in [0, 0.1) is 3.57 Å². The minimum atomic E-state index is -1.86. The van der Waals surface area contributed by atoms with Crippen LogP contribution >= 0.6 is 38.5 Å². The Morgan fingerprint density at radius 1 is 1.19 bits per heavy atom. The fraction of sp³-hybridized carbons (Fsp3) is 0.526. The van der Waals surface area contributed by atoms with E-state index in [4.69, 9.17) is 9.16 Å². The molecule has 0 spiro atoms. The molecule has 0 aliphatic rings. The number of halogens is 2. The molecule has 0 fully saturated rings. The van der Waals surface area contributed by atoms with E-state index in [-0.39, 0.29) is 10.6 Å². The third kappa shape index (κ3) is 5.33. The highest BCUT2D eigenvalue weighted by atomic mass is 127. The monoisotopic (exact) mass is 550 g/mol. The van der Waals surface area contributed by atoms with Gasteiger partial charge in [-0.15, -0.1) is 0 Å². The average Bonchev–Trinajstić information content (AvgIpc) is 2.98. The largest absolute Gasteiger partial charge is 0.489 e. The lowest BCUT2D eigenvalue weighted by molar-refractivity contribution is 0.0389. The molecule has 2 aromatic rings. The molecule has 7 heteroatoms. The minimum absolute atomic E-state index is 0.168. The Balaban J connectivity index is 2.17. The van der Waals surface area contributed by atoms with Gasteiger partial charge in [-0.05, 0) is 82.6 Å². The van der Waals surface area contributed by atoms with Crippen molar-refractivity contribution in [2.24, 2.45) is 0 Å². The molecule has 0 N–H and O–H groups in total. The van der Waals surface area contributed by atoms with Crippen LogP contribution in [0.1, 0.15) is 34.6 Å². The number of hydrogen-bond acceptors (Lipinski definition) is 3. The Kier molecular flexibility index (Phi) is 6.68. The van der Waals surface area contributed by atoms with Crippen molar-refractivity contribution in [1.82, 2.24) is 9.78 Å². The zero-order chi connectivity index (χ0) is 19.8. The SMILES string of the molecule is CC(C)(COc1cc(-n2cccn2)c(I)cc1Br)O[Si](C)(C)C(C)(C)C. The quantitative estimate of drug-likeness (QED) is 0.307. The van der Waals surface area contributed by atoms with Crippen LogP contribution in [0.25, 0.3) is 5.69 Å². The fourth-order valence-corrected chi connectivity index (χ4v) is 5.69. The topological polar surface area (TPSA) is 36.3 Å². The maximum atomic E-state index is 6.56. The molecule has 0 amide bonds. The Hall–Kier alpha value is -0.383. The van der Waals surface area contributed by atoms with E-state index in [1.165, 1.54) is 0 Å².